The van der Waals surface area contributed by atoms with Crippen LogP contribution < -0.4 is 0 Å². The van der Waals surface area contributed by atoms with E-state index in [2.05, 4.69) is 6.07 Å². The highest BCUT2D eigenvalue weighted by atomic mass is 19.4. The minimum absolute atomic E-state index is 0.147. The van der Waals surface area contributed by atoms with Crippen molar-refractivity contribution in [2.45, 2.75) is 19.3 Å². The summed E-state index contributed by atoms with van der Waals surface area (Å²) < 4.78 is 83.1. The third-order valence-electron chi connectivity index (χ3n) is 4.13. The van der Waals surface area contributed by atoms with Gasteiger partial charge in [-0.15, -0.1) is 0 Å². The summed E-state index contributed by atoms with van der Waals surface area (Å²) in [6, 6.07) is 16.7. The predicted molar refractivity (Wildman–Crippen MR) is 90.9 cm³/mol. The van der Waals surface area contributed by atoms with Gasteiger partial charge in [0.2, 0.25) is 0 Å². The number of halogens is 6. The molecule has 27 heavy (non-hydrogen) atoms. The van der Waals surface area contributed by atoms with E-state index in [1.54, 1.807) is 6.07 Å². The standard InChI is InChI=1S/C21H13F6/c1-13-12-16(14-8-4-2-5-9-14)19(21(25,26)27)17(18(13)20(22,23)24)15-10-6-3-7-11-15/h2-11H,1H3. The Balaban J connectivity index is 2.52. The fourth-order valence-electron chi connectivity index (χ4n) is 3.10. The summed E-state index contributed by atoms with van der Waals surface area (Å²) in [6.45, 7) is 1.13. The monoisotopic (exact) mass is 379 g/mol. The third-order valence-corrected chi connectivity index (χ3v) is 4.13. The molecular formula is C21H13F6. The molecule has 0 nitrogen and oxygen atoms in total. The first kappa shape index (κ1) is 19.0. The second-order valence-corrected chi connectivity index (χ2v) is 5.98. The van der Waals surface area contributed by atoms with Crippen LogP contribution in [-0.2, 0) is 12.4 Å². The van der Waals surface area contributed by atoms with Gasteiger partial charge < -0.3 is 0 Å². The average Bonchev–Trinajstić information content (AvgIpc) is 2.60. The molecule has 3 aromatic rings. The number of alkyl halides is 6. The molecule has 0 amide bonds. The molecule has 3 rings (SSSR count). The van der Waals surface area contributed by atoms with Crippen molar-refractivity contribution in [3.8, 4) is 22.3 Å². The van der Waals surface area contributed by atoms with Gasteiger partial charge in [-0.3, -0.25) is 0 Å². The van der Waals surface area contributed by atoms with Gasteiger partial charge in [-0.1, -0.05) is 60.7 Å². The molecule has 6 heteroatoms. The van der Waals surface area contributed by atoms with Crippen molar-refractivity contribution in [3.05, 3.63) is 83.4 Å². The lowest BCUT2D eigenvalue weighted by atomic mass is 9.85. The Kier molecular flexibility index (Phi) is 4.76. The lowest BCUT2D eigenvalue weighted by molar-refractivity contribution is -0.142. The second kappa shape index (κ2) is 6.76. The molecule has 139 valence electrons. The summed E-state index contributed by atoms with van der Waals surface area (Å²) in [5.41, 5.74) is -4.30. The molecule has 0 fully saturated rings. The minimum Gasteiger partial charge on any atom is -0.166 e. The van der Waals surface area contributed by atoms with Gasteiger partial charge in [-0.2, -0.15) is 26.3 Å². The van der Waals surface area contributed by atoms with Crippen molar-refractivity contribution in [2.75, 3.05) is 0 Å². The molecule has 0 saturated carbocycles. The normalized spacial score (nSPS) is 12.3. The topological polar surface area (TPSA) is 0 Å². The smallest absolute Gasteiger partial charge is 0.166 e. The van der Waals surface area contributed by atoms with Crippen molar-refractivity contribution in [3.63, 3.8) is 0 Å². The highest BCUT2D eigenvalue weighted by Gasteiger charge is 2.44. The van der Waals surface area contributed by atoms with E-state index in [-0.39, 0.29) is 16.7 Å². The maximum absolute atomic E-state index is 14.0. The highest BCUT2D eigenvalue weighted by molar-refractivity contribution is 5.83. The van der Waals surface area contributed by atoms with Crippen molar-refractivity contribution in [1.82, 2.24) is 0 Å². The number of benzene rings is 3. The summed E-state index contributed by atoms with van der Waals surface area (Å²) in [5, 5.41) is 0. The lowest BCUT2D eigenvalue weighted by Crippen LogP contribution is -2.17. The highest BCUT2D eigenvalue weighted by Crippen LogP contribution is 2.49. The summed E-state index contributed by atoms with van der Waals surface area (Å²) >= 11 is 0. The lowest BCUT2D eigenvalue weighted by Gasteiger charge is -2.24. The van der Waals surface area contributed by atoms with E-state index in [0.29, 0.717) is 0 Å². The molecule has 0 aliphatic carbocycles. The van der Waals surface area contributed by atoms with Gasteiger partial charge in [0.25, 0.3) is 0 Å². The fraction of sp³-hybridized carbons (Fsp3) is 0.143. The molecule has 0 aliphatic heterocycles. The second-order valence-electron chi connectivity index (χ2n) is 5.98. The molecule has 0 N–H and O–H groups in total. The van der Waals surface area contributed by atoms with Crippen LogP contribution in [0.15, 0.2) is 60.7 Å². The van der Waals surface area contributed by atoms with E-state index in [9.17, 15) is 26.3 Å². The van der Waals surface area contributed by atoms with Gasteiger partial charge in [0.15, 0.2) is 0 Å². The molecule has 0 heterocycles. The van der Waals surface area contributed by atoms with E-state index in [1.807, 2.05) is 0 Å². The van der Waals surface area contributed by atoms with Gasteiger partial charge in [0.1, 0.15) is 0 Å². The molecule has 0 unspecified atom stereocenters. The minimum atomic E-state index is -5.00. The van der Waals surface area contributed by atoms with Gasteiger partial charge >= 0.3 is 12.4 Å². The largest absolute Gasteiger partial charge is 0.417 e. The van der Waals surface area contributed by atoms with Crippen molar-refractivity contribution in [2.24, 2.45) is 0 Å². The van der Waals surface area contributed by atoms with Gasteiger partial charge in [0.05, 0.1) is 11.1 Å². The Hall–Kier alpha value is -2.76. The molecule has 0 atom stereocenters. The van der Waals surface area contributed by atoms with Crippen LogP contribution in [0.3, 0.4) is 0 Å². The first-order chi connectivity index (χ1) is 12.6. The van der Waals surface area contributed by atoms with E-state index in [0.717, 1.165) is 6.92 Å². The zero-order valence-electron chi connectivity index (χ0n) is 14.0. The average molecular weight is 379 g/mol. The third kappa shape index (κ3) is 3.70. The summed E-state index contributed by atoms with van der Waals surface area (Å²) in [6.07, 6.45) is -9.96. The SMILES string of the molecule is Cc1[c]c(-c2ccccc2)c(C(F)(F)F)c(-c2ccccc2)c1C(F)(F)F. The van der Waals surface area contributed by atoms with Crippen molar-refractivity contribution < 1.29 is 26.3 Å². The number of rotatable bonds is 2. The Bertz CT molecular complexity index is 938. The number of hydrogen-bond donors (Lipinski definition) is 0. The van der Waals surface area contributed by atoms with Crippen molar-refractivity contribution in [1.29, 1.82) is 0 Å². The van der Waals surface area contributed by atoms with Crippen LogP contribution in [0, 0.1) is 13.0 Å². The van der Waals surface area contributed by atoms with Crippen LogP contribution in [-0.4, -0.2) is 0 Å². The van der Waals surface area contributed by atoms with Crippen molar-refractivity contribution >= 4 is 0 Å². The van der Waals surface area contributed by atoms with Crippen LogP contribution in [0.5, 0.6) is 0 Å². The van der Waals surface area contributed by atoms with Crippen LogP contribution >= 0.6 is 0 Å². The molecule has 0 aliphatic rings. The number of aryl methyl sites for hydroxylation is 1. The summed E-state index contributed by atoms with van der Waals surface area (Å²) in [7, 11) is 0. The summed E-state index contributed by atoms with van der Waals surface area (Å²) in [4.78, 5) is 0. The fourth-order valence-corrected chi connectivity index (χ4v) is 3.10. The van der Waals surface area contributed by atoms with E-state index in [4.69, 9.17) is 0 Å². The quantitative estimate of drug-likeness (QED) is 0.414. The van der Waals surface area contributed by atoms with E-state index in [1.165, 1.54) is 54.6 Å². The Labute approximate surface area is 152 Å². The van der Waals surface area contributed by atoms with Crippen LogP contribution in [0.4, 0.5) is 26.3 Å². The van der Waals surface area contributed by atoms with E-state index < -0.39 is 34.6 Å². The maximum atomic E-state index is 14.0. The van der Waals surface area contributed by atoms with Gasteiger partial charge in [-0.25, -0.2) is 0 Å². The molecular weight excluding hydrogens is 366 g/mol. The maximum Gasteiger partial charge on any atom is 0.417 e. The Morgan fingerprint density at radius 1 is 0.630 bits per heavy atom. The first-order valence-corrected chi connectivity index (χ1v) is 7.96. The molecule has 0 bridgehead atoms. The van der Waals surface area contributed by atoms with Crippen LogP contribution in [0.1, 0.15) is 16.7 Å². The molecule has 0 aromatic heterocycles. The molecule has 0 spiro atoms. The zero-order chi connectivity index (χ0) is 19.8. The van der Waals surface area contributed by atoms with Gasteiger partial charge in [-0.05, 0) is 29.7 Å². The Morgan fingerprint density at radius 2 is 1.07 bits per heavy atom. The molecule has 1 radical (unpaired) electrons. The van der Waals surface area contributed by atoms with Crippen LogP contribution in [0.25, 0.3) is 22.3 Å². The Morgan fingerprint density at radius 3 is 1.52 bits per heavy atom. The molecule has 0 saturated heterocycles. The molecule has 3 aromatic carbocycles. The number of hydrogen-bond acceptors (Lipinski definition) is 0. The van der Waals surface area contributed by atoms with Gasteiger partial charge in [0, 0.05) is 11.1 Å². The first-order valence-electron chi connectivity index (χ1n) is 7.96. The summed E-state index contributed by atoms with van der Waals surface area (Å²) in [5.74, 6) is 0. The predicted octanol–water partition coefficient (Wildman–Crippen LogP) is 7.17. The zero-order valence-corrected chi connectivity index (χ0v) is 14.0. The van der Waals surface area contributed by atoms with Crippen LogP contribution in [0.2, 0.25) is 0 Å². The van der Waals surface area contributed by atoms with E-state index >= 15 is 0 Å².